The van der Waals surface area contributed by atoms with Gasteiger partial charge in [-0.3, -0.25) is 4.90 Å². The van der Waals surface area contributed by atoms with Gasteiger partial charge in [0.1, 0.15) is 0 Å². The molecule has 1 atom stereocenters. The van der Waals surface area contributed by atoms with Crippen molar-refractivity contribution in [1.29, 1.82) is 0 Å². The number of likely N-dealkylation sites (N-methyl/N-ethyl adjacent to an activating group) is 1. The molecule has 0 amide bonds. The minimum atomic E-state index is 0.375. The van der Waals surface area contributed by atoms with Crippen LogP contribution in [0.4, 0.5) is 0 Å². The predicted molar refractivity (Wildman–Crippen MR) is 88.9 cm³/mol. The van der Waals surface area contributed by atoms with Crippen molar-refractivity contribution in [3.8, 4) is 0 Å². The second-order valence-electron chi connectivity index (χ2n) is 6.00. The van der Waals surface area contributed by atoms with E-state index in [0.717, 1.165) is 44.6 Å². The van der Waals surface area contributed by atoms with Crippen LogP contribution < -0.4 is 5.32 Å². The monoisotopic (exact) mass is 306 g/mol. The number of nitrogens with zero attached hydrogens (tertiary/aromatic N) is 1. The third-order valence-corrected chi connectivity index (χ3v) is 5.35. The molecule has 3 rings (SSSR count). The maximum absolute atomic E-state index is 5.85. The maximum Gasteiger partial charge on any atom is 0.0796 e. The van der Waals surface area contributed by atoms with Gasteiger partial charge in [-0.2, -0.15) is 0 Å². The summed E-state index contributed by atoms with van der Waals surface area (Å²) in [7, 11) is 0. The Kier molecular flexibility index (Phi) is 5.58. The number of thioether (sulfide) groups is 1. The van der Waals surface area contributed by atoms with Crippen molar-refractivity contribution in [2.75, 3.05) is 32.0 Å². The number of morpholine rings is 1. The minimum Gasteiger partial charge on any atom is -0.375 e. The van der Waals surface area contributed by atoms with Gasteiger partial charge in [-0.05, 0) is 37.1 Å². The Labute approximate surface area is 132 Å². The van der Waals surface area contributed by atoms with Crippen molar-refractivity contribution in [2.45, 2.75) is 43.4 Å². The van der Waals surface area contributed by atoms with Gasteiger partial charge in [0.15, 0.2) is 0 Å². The zero-order chi connectivity index (χ0) is 14.5. The molecule has 4 heteroatoms. The molecular weight excluding hydrogens is 280 g/mol. The first-order valence-electron chi connectivity index (χ1n) is 8.12. The molecule has 1 N–H and O–H groups in total. The summed E-state index contributed by atoms with van der Waals surface area (Å²) in [6.45, 7) is 7.40. The fraction of sp³-hybridized carbons (Fsp3) is 0.647. The van der Waals surface area contributed by atoms with E-state index in [9.17, 15) is 0 Å². The SMILES string of the molecule is CCN1CCOC(CSc2ccc(CNC3CC3)cc2)C1. The van der Waals surface area contributed by atoms with E-state index < -0.39 is 0 Å². The van der Waals surface area contributed by atoms with E-state index in [2.05, 4.69) is 41.4 Å². The summed E-state index contributed by atoms with van der Waals surface area (Å²) in [6, 6.07) is 9.77. The van der Waals surface area contributed by atoms with E-state index in [1.807, 2.05) is 11.8 Å². The summed E-state index contributed by atoms with van der Waals surface area (Å²) in [5.41, 5.74) is 1.39. The van der Waals surface area contributed by atoms with Gasteiger partial charge in [0.25, 0.3) is 0 Å². The second-order valence-corrected chi connectivity index (χ2v) is 7.09. The van der Waals surface area contributed by atoms with Gasteiger partial charge in [0.2, 0.25) is 0 Å². The quantitative estimate of drug-likeness (QED) is 0.783. The molecule has 1 saturated carbocycles. The van der Waals surface area contributed by atoms with Gasteiger partial charge in [0, 0.05) is 36.3 Å². The van der Waals surface area contributed by atoms with Gasteiger partial charge in [0.05, 0.1) is 12.7 Å². The molecule has 1 aromatic carbocycles. The van der Waals surface area contributed by atoms with Crippen molar-refractivity contribution in [2.24, 2.45) is 0 Å². The van der Waals surface area contributed by atoms with E-state index >= 15 is 0 Å². The number of rotatable bonds is 7. The van der Waals surface area contributed by atoms with Gasteiger partial charge < -0.3 is 10.1 Å². The maximum atomic E-state index is 5.85. The third-order valence-electron chi connectivity index (χ3n) is 4.20. The molecule has 3 nitrogen and oxygen atoms in total. The first-order chi connectivity index (χ1) is 10.3. The van der Waals surface area contributed by atoms with Crippen molar-refractivity contribution < 1.29 is 4.74 Å². The molecule has 0 bridgehead atoms. The molecule has 2 fully saturated rings. The summed E-state index contributed by atoms with van der Waals surface area (Å²) in [4.78, 5) is 3.82. The lowest BCUT2D eigenvalue weighted by atomic mass is 10.2. The predicted octanol–water partition coefficient (Wildman–Crippen LogP) is 2.75. The number of nitrogens with one attached hydrogen (secondary N) is 1. The van der Waals surface area contributed by atoms with E-state index in [1.54, 1.807) is 0 Å². The van der Waals surface area contributed by atoms with Crippen LogP contribution in [0.3, 0.4) is 0 Å². The van der Waals surface area contributed by atoms with Crippen molar-refractivity contribution in [3.05, 3.63) is 29.8 Å². The molecule has 1 heterocycles. The molecule has 1 aliphatic carbocycles. The Hall–Kier alpha value is -0.550. The number of hydrogen-bond acceptors (Lipinski definition) is 4. The van der Waals surface area contributed by atoms with E-state index in [1.165, 1.54) is 23.3 Å². The molecule has 0 aromatic heterocycles. The van der Waals surface area contributed by atoms with Gasteiger partial charge in [-0.1, -0.05) is 19.1 Å². The van der Waals surface area contributed by atoms with Crippen LogP contribution >= 0.6 is 11.8 Å². The molecule has 21 heavy (non-hydrogen) atoms. The number of hydrogen-bond donors (Lipinski definition) is 1. The molecule has 1 aliphatic heterocycles. The standard InChI is InChI=1S/C17H26N2OS/c1-2-19-9-10-20-16(12-19)13-21-17-7-3-14(4-8-17)11-18-15-5-6-15/h3-4,7-8,15-16,18H,2,5-6,9-13H2,1H3. The lowest BCUT2D eigenvalue weighted by molar-refractivity contribution is -0.0137. The summed E-state index contributed by atoms with van der Waals surface area (Å²) in [5.74, 6) is 1.05. The molecule has 1 unspecified atom stereocenters. The molecular formula is C17H26N2OS. The zero-order valence-corrected chi connectivity index (χ0v) is 13.7. The lowest BCUT2D eigenvalue weighted by Crippen LogP contribution is -2.43. The largest absolute Gasteiger partial charge is 0.375 e. The molecule has 116 valence electrons. The smallest absolute Gasteiger partial charge is 0.0796 e. The van der Waals surface area contributed by atoms with Gasteiger partial charge >= 0.3 is 0 Å². The summed E-state index contributed by atoms with van der Waals surface area (Å²) in [5, 5.41) is 3.56. The number of benzene rings is 1. The highest BCUT2D eigenvalue weighted by atomic mass is 32.2. The molecule has 1 aromatic rings. The molecule has 2 aliphatic rings. The van der Waals surface area contributed by atoms with Crippen molar-refractivity contribution >= 4 is 11.8 Å². The van der Waals surface area contributed by atoms with E-state index in [0.29, 0.717) is 6.10 Å². The summed E-state index contributed by atoms with van der Waals surface area (Å²) >= 11 is 1.91. The average molecular weight is 306 g/mol. The van der Waals surface area contributed by atoms with Crippen LogP contribution in [0, 0.1) is 0 Å². The van der Waals surface area contributed by atoms with E-state index in [4.69, 9.17) is 4.74 Å². The van der Waals surface area contributed by atoms with Crippen LogP contribution in [0.1, 0.15) is 25.3 Å². The Balaban J connectivity index is 1.41. The fourth-order valence-electron chi connectivity index (χ4n) is 2.61. The Morgan fingerprint density at radius 3 is 2.81 bits per heavy atom. The van der Waals surface area contributed by atoms with Crippen LogP contribution in [-0.2, 0) is 11.3 Å². The highest BCUT2D eigenvalue weighted by Crippen LogP contribution is 2.23. The summed E-state index contributed by atoms with van der Waals surface area (Å²) in [6.07, 6.45) is 3.08. The average Bonchev–Trinajstić information content (AvgIpc) is 3.36. The van der Waals surface area contributed by atoms with Crippen LogP contribution in [0.2, 0.25) is 0 Å². The Morgan fingerprint density at radius 1 is 1.29 bits per heavy atom. The third kappa shape index (κ3) is 4.99. The zero-order valence-electron chi connectivity index (χ0n) is 12.9. The Morgan fingerprint density at radius 2 is 2.10 bits per heavy atom. The highest BCUT2D eigenvalue weighted by Gasteiger charge is 2.20. The van der Waals surface area contributed by atoms with Crippen molar-refractivity contribution in [3.63, 3.8) is 0 Å². The van der Waals surface area contributed by atoms with Gasteiger partial charge in [-0.25, -0.2) is 0 Å². The highest BCUT2D eigenvalue weighted by molar-refractivity contribution is 7.99. The fourth-order valence-corrected chi connectivity index (χ4v) is 3.52. The number of ether oxygens (including phenoxy) is 1. The van der Waals surface area contributed by atoms with E-state index in [-0.39, 0.29) is 0 Å². The first-order valence-corrected chi connectivity index (χ1v) is 9.11. The Bertz CT molecular complexity index is 433. The molecule has 1 saturated heterocycles. The topological polar surface area (TPSA) is 24.5 Å². The summed E-state index contributed by atoms with van der Waals surface area (Å²) < 4.78 is 5.85. The minimum absolute atomic E-state index is 0.375. The molecule has 0 spiro atoms. The van der Waals surface area contributed by atoms with Crippen molar-refractivity contribution in [1.82, 2.24) is 10.2 Å². The first kappa shape index (κ1) is 15.3. The van der Waals surface area contributed by atoms with Crippen LogP contribution in [0.15, 0.2) is 29.2 Å². The van der Waals surface area contributed by atoms with Crippen LogP contribution in [-0.4, -0.2) is 49.0 Å². The van der Waals surface area contributed by atoms with Crippen LogP contribution in [0.5, 0.6) is 0 Å². The normalized spacial score (nSPS) is 23.4. The molecule has 0 radical (unpaired) electrons. The second kappa shape index (κ2) is 7.63. The van der Waals surface area contributed by atoms with Gasteiger partial charge in [-0.15, -0.1) is 11.8 Å². The van der Waals surface area contributed by atoms with Crippen LogP contribution in [0.25, 0.3) is 0 Å². The lowest BCUT2D eigenvalue weighted by Gasteiger charge is -2.31.